The van der Waals surface area contributed by atoms with Gasteiger partial charge in [0.05, 0.1) is 5.69 Å². The highest BCUT2D eigenvalue weighted by atomic mass is 35.5. The Kier molecular flexibility index (Phi) is 7.45. The molecule has 0 unspecified atom stereocenters. The van der Waals surface area contributed by atoms with Crippen molar-refractivity contribution in [2.45, 2.75) is 45.2 Å². The van der Waals surface area contributed by atoms with Crippen molar-refractivity contribution in [2.24, 2.45) is 5.92 Å². The van der Waals surface area contributed by atoms with Gasteiger partial charge in [-0.2, -0.15) is 0 Å². The number of rotatable bonds is 5. The lowest BCUT2D eigenvalue weighted by Gasteiger charge is -2.19. The lowest BCUT2D eigenvalue weighted by molar-refractivity contribution is -0.124. The van der Waals surface area contributed by atoms with Gasteiger partial charge in [-0.15, -0.1) is 12.4 Å². The molecule has 0 aromatic heterocycles. The molecule has 3 N–H and O–H groups in total. The molecule has 1 aliphatic heterocycles. The highest BCUT2D eigenvalue weighted by molar-refractivity contribution is 6.04. The average Bonchev–Trinajstić information content (AvgIpc) is 3.29. The quantitative estimate of drug-likeness (QED) is 0.671. The van der Waals surface area contributed by atoms with E-state index < -0.39 is 0 Å². The molecule has 5 nitrogen and oxygen atoms in total. The molecule has 0 saturated heterocycles. The van der Waals surface area contributed by atoms with E-state index in [0.717, 1.165) is 43.4 Å². The first kappa shape index (κ1) is 22.2. The zero-order chi connectivity index (χ0) is 20.2. The molecule has 2 aromatic rings. The Bertz CT molecular complexity index is 911. The largest absolute Gasteiger partial charge is 0.352 e. The lowest BCUT2D eigenvalue weighted by Crippen LogP contribution is -2.28. The smallest absolute Gasteiger partial charge is 0.255 e. The monoisotopic (exact) mass is 431 g/mol. The van der Waals surface area contributed by atoms with Crippen LogP contribution in [0.5, 0.6) is 0 Å². The van der Waals surface area contributed by atoms with Crippen molar-refractivity contribution in [3.63, 3.8) is 0 Å². The van der Waals surface area contributed by atoms with E-state index >= 15 is 0 Å². The van der Waals surface area contributed by atoms with Gasteiger partial charge in [-0.25, -0.2) is 4.39 Å². The van der Waals surface area contributed by atoms with Crippen LogP contribution < -0.4 is 16.0 Å². The van der Waals surface area contributed by atoms with Crippen LogP contribution in [0.15, 0.2) is 36.4 Å². The van der Waals surface area contributed by atoms with Crippen LogP contribution in [0.25, 0.3) is 0 Å². The van der Waals surface area contributed by atoms with Gasteiger partial charge >= 0.3 is 0 Å². The minimum absolute atomic E-state index is 0. The number of fused-ring (bicyclic) bond motifs is 1. The minimum Gasteiger partial charge on any atom is -0.352 e. The molecule has 0 radical (unpaired) electrons. The molecule has 4 rings (SSSR count). The molecule has 0 spiro atoms. The third-order valence-electron chi connectivity index (χ3n) is 5.86. The maximum absolute atomic E-state index is 14.7. The third kappa shape index (κ3) is 4.99. The third-order valence-corrected chi connectivity index (χ3v) is 5.86. The summed E-state index contributed by atoms with van der Waals surface area (Å²) >= 11 is 0. The number of hydrogen-bond donors (Lipinski definition) is 3. The van der Waals surface area contributed by atoms with E-state index in [2.05, 4.69) is 16.0 Å². The Morgan fingerprint density at radius 1 is 1.07 bits per heavy atom. The van der Waals surface area contributed by atoms with Crippen molar-refractivity contribution in [1.82, 2.24) is 10.6 Å². The predicted molar refractivity (Wildman–Crippen MR) is 117 cm³/mol. The topological polar surface area (TPSA) is 70.2 Å². The molecular formula is C23H27ClFN3O2. The fourth-order valence-electron chi connectivity index (χ4n) is 4.12. The highest BCUT2D eigenvalue weighted by Crippen LogP contribution is 2.26. The van der Waals surface area contributed by atoms with Crippen molar-refractivity contribution >= 4 is 29.9 Å². The molecular weight excluding hydrogens is 405 g/mol. The van der Waals surface area contributed by atoms with E-state index in [1.54, 1.807) is 18.2 Å². The molecule has 1 fully saturated rings. The van der Waals surface area contributed by atoms with E-state index in [4.69, 9.17) is 0 Å². The number of nitrogens with one attached hydrogen (secondary N) is 3. The van der Waals surface area contributed by atoms with E-state index in [1.807, 2.05) is 18.2 Å². The SMILES string of the molecule is Cl.O=C(Nc1ccc2c(c1F)CCNC2)c1ccc(CNC(=O)C2CCCC2)cc1. The van der Waals surface area contributed by atoms with Crippen LogP contribution >= 0.6 is 12.4 Å². The van der Waals surface area contributed by atoms with Crippen LogP contribution in [0.2, 0.25) is 0 Å². The van der Waals surface area contributed by atoms with Crippen LogP contribution in [0.4, 0.5) is 10.1 Å². The van der Waals surface area contributed by atoms with Gasteiger partial charge in [-0.05, 0) is 60.7 Å². The summed E-state index contributed by atoms with van der Waals surface area (Å²) in [4.78, 5) is 24.6. The van der Waals surface area contributed by atoms with Gasteiger partial charge in [0, 0.05) is 24.6 Å². The molecule has 1 heterocycles. The molecule has 30 heavy (non-hydrogen) atoms. The van der Waals surface area contributed by atoms with E-state index in [1.165, 1.54) is 0 Å². The summed E-state index contributed by atoms with van der Waals surface area (Å²) in [6.45, 7) is 1.84. The van der Waals surface area contributed by atoms with E-state index in [9.17, 15) is 14.0 Å². The van der Waals surface area contributed by atoms with E-state index in [-0.39, 0.29) is 41.6 Å². The van der Waals surface area contributed by atoms with Crippen LogP contribution in [-0.4, -0.2) is 18.4 Å². The van der Waals surface area contributed by atoms with Crippen LogP contribution in [0.3, 0.4) is 0 Å². The Hall–Kier alpha value is -2.44. The van der Waals surface area contributed by atoms with Gasteiger partial charge < -0.3 is 16.0 Å². The van der Waals surface area contributed by atoms with Crippen molar-refractivity contribution in [1.29, 1.82) is 0 Å². The number of halogens is 2. The lowest BCUT2D eigenvalue weighted by atomic mass is 9.99. The second-order valence-electron chi connectivity index (χ2n) is 7.84. The van der Waals surface area contributed by atoms with Crippen LogP contribution in [0.1, 0.15) is 52.7 Å². The van der Waals surface area contributed by atoms with Gasteiger partial charge in [-0.3, -0.25) is 9.59 Å². The summed E-state index contributed by atoms with van der Waals surface area (Å²) in [5.74, 6) is -0.437. The fraction of sp³-hybridized carbons (Fsp3) is 0.391. The van der Waals surface area contributed by atoms with Gasteiger partial charge in [0.25, 0.3) is 5.91 Å². The van der Waals surface area contributed by atoms with Gasteiger partial charge in [0.2, 0.25) is 5.91 Å². The number of anilines is 1. The Morgan fingerprint density at radius 3 is 2.53 bits per heavy atom. The van der Waals surface area contributed by atoms with Crippen LogP contribution in [-0.2, 0) is 24.3 Å². The molecule has 2 amide bonds. The first-order valence-corrected chi connectivity index (χ1v) is 10.3. The molecule has 1 aliphatic carbocycles. The Labute approximate surface area is 182 Å². The predicted octanol–water partition coefficient (Wildman–Crippen LogP) is 3.95. The first-order valence-electron chi connectivity index (χ1n) is 10.3. The van der Waals surface area contributed by atoms with Crippen molar-refractivity contribution in [2.75, 3.05) is 11.9 Å². The molecule has 2 aliphatic rings. The number of carbonyl (C=O) groups excluding carboxylic acids is 2. The maximum atomic E-state index is 14.7. The van der Waals surface area contributed by atoms with Gasteiger partial charge in [0.1, 0.15) is 5.82 Å². The number of carbonyl (C=O) groups is 2. The number of hydrogen-bond acceptors (Lipinski definition) is 3. The minimum atomic E-state index is -0.348. The van der Waals surface area contributed by atoms with Crippen molar-refractivity contribution in [3.05, 3.63) is 64.5 Å². The average molecular weight is 432 g/mol. The highest BCUT2D eigenvalue weighted by Gasteiger charge is 2.22. The second kappa shape index (κ2) is 10.0. The maximum Gasteiger partial charge on any atom is 0.255 e. The normalized spacial score (nSPS) is 15.8. The first-order chi connectivity index (χ1) is 14.1. The molecule has 0 bridgehead atoms. The summed E-state index contributed by atoms with van der Waals surface area (Å²) in [6, 6.07) is 10.5. The zero-order valence-electron chi connectivity index (χ0n) is 16.8. The molecule has 0 atom stereocenters. The summed E-state index contributed by atoms with van der Waals surface area (Å²) in [5, 5.41) is 8.86. The zero-order valence-corrected chi connectivity index (χ0v) is 17.6. The summed E-state index contributed by atoms with van der Waals surface area (Å²) < 4.78 is 14.7. The van der Waals surface area contributed by atoms with E-state index in [0.29, 0.717) is 30.6 Å². The van der Waals surface area contributed by atoms with Gasteiger partial charge in [0.15, 0.2) is 0 Å². The molecule has 7 heteroatoms. The Morgan fingerprint density at radius 2 is 1.80 bits per heavy atom. The fourth-order valence-corrected chi connectivity index (χ4v) is 4.12. The molecule has 1 saturated carbocycles. The Balaban J connectivity index is 0.00000256. The van der Waals surface area contributed by atoms with Crippen molar-refractivity contribution in [3.8, 4) is 0 Å². The summed E-state index contributed by atoms with van der Waals surface area (Å²) in [7, 11) is 0. The van der Waals surface area contributed by atoms with Crippen LogP contribution in [0, 0.1) is 11.7 Å². The molecule has 2 aromatic carbocycles. The second-order valence-corrected chi connectivity index (χ2v) is 7.84. The standard InChI is InChI=1S/C23H26FN3O2.ClH/c24-21-19-11-12-25-14-18(19)9-10-20(21)27-23(29)17-7-5-15(6-8-17)13-26-22(28)16-3-1-2-4-16;/h5-10,16,25H,1-4,11-14H2,(H,26,28)(H,27,29);1H. The number of benzene rings is 2. The summed E-state index contributed by atoms with van der Waals surface area (Å²) in [6.07, 6.45) is 4.82. The van der Waals surface area contributed by atoms with Gasteiger partial charge in [-0.1, -0.05) is 31.0 Å². The summed E-state index contributed by atoms with van der Waals surface area (Å²) in [5.41, 5.74) is 3.21. The molecule has 160 valence electrons. The number of amides is 2. The van der Waals surface area contributed by atoms with Crippen molar-refractivity contribution < 1.29 is 14.0 Å².